The number of pyridine rings is 2. The molecule has 3 N–H and O–H groups in total. The van der Waals surface area contributed by atoms with E-state index in [0.717, 1.165) is 33.4 Å². The summed E-state index contributed by atoms with van der Waals surface area (Å²) < 4.78 is 0. The molecule has 21 heavy (non-hydrogen) atoms. The van der Waals surface area contributed by atoms with Crippen molar-refractivity contribution in [1.29, 1.82) is 0 Å². The van der Waals surface area contributed by atoms with Crippen LogP contribution in [0.25, 0.3) is 10.9 Å². The molecule has 0 saturated carbocycles. The van der Waals surface area contributed by atoms with Gasteiger partial charge < -0.3 is 0 Å². The minimum Gasteiger partial charge on any atom is -0.271 e. The highest BCUT2D eigenvalue weighted by Gasteiger charge is 2.16. The molecule has 0 bridgehead atoms. The summed E-state index contributed by atoms with van der Waals surface area (Å²) in [5.74, 6) is 5.77. The van der Waals surface area contributed by atoms with Gasteiger partial charge in [0.1, 0.15) is 0 Å². The van der Waals surface area contributed by atoms with Crippen LogP contribution in [-0.4, -0.2) is 9.97 Å². The van der Waals surface area contributed by atoms with Crippen LogP contribution in [0.4, 0.5) is 0 Å². The summed E-state index contributed by atoms with van der Waals surface area (Å²) in [5, 5.41) is 1.10. The van der Waals surface area contributed by atoms with E-state index in [0.29, 0.717) is 0 Å². The van der Waals surface area contributed by atoms with Crippen molar-refractivity contribution >= 4 is 10.9 Å². The fourth-order valence-electron chi connectivity index (χ4n) is 2.56. The van der Waals surface area contributed by atoms with E-state index in [1.807, 2.05) is 44.2 Å². The lowest BCUT2D eigenvalue weighted by Gasteiger charge is -2.18. The van der Waals surface area contributed by atoms with E-state index in [2.05, 4.69) is 27.5 Å². The molecule has 4 heteroatoms. The standard InChI is InChI=1S/C17H18N4/c1-11-4-3-9-19-16(11)17(21-18)14-7-8-15-13(10-14)6-5-12(2)20-15/h3-10,17,21H,18H2,1-2H3. The van der Waals surface area contributed by atoms with Gasteiger partial charge in [0.05, 0.1) is 17.3 Å². The van der Waals surface area contributed by atoms with Gasteiger partial charge in [-0.05, 0) is 49.2 Å². The maximum atomic E-state index is 5.77. The number of nitrogens with zero attached hydrogens (tertiary/aromatic N) is 2. The minimum atomic E-state index is -0.128. The summed E-state index contributed by atoms with van der Waals surface area (Å²) in [4.78, 5) is 8.99. The summed E-state index contributed by atoms with van der Waals surface area (Å²) in [7, 11) is 0. The van der Waals surface area contributed by atoms with Crippen molar-refractivity contribution in [2.24, 2.45) is 5.84 Å². The summed E-state index contributed by atoms with van der Waals surface area (Å²) in [5.41, 5.74) is 8.02. The molecule has 0 amide bonds. The van der Waals surface area contributed by atoms with Gasteiger partial charge in [0.15, 0.2) is 0 Å². The van der Waals surface area contributed by atoms with Crippen molar-refractivity contribution < 1.29 is 0 Å². The molecule has 1 aromatic carbocycles. The van der Waals surface area contributed by atoms with Gasteiger partial charge in [-0.3, -0.25) is 15.8 Å². The smallest absolute Gasteiger partial charge is 0.0884 e. The molecule has 3 aromatic rings. The Hall–Kier alpha value is -2.30. The van der Waals surface area contributed by atoms with E-state index < -0.39 is 0 Å². The van der Waals surface area contributed by atoms with Gasteiger partial charge in [-0.2, -0.15) is 0 Å². The van der Waals surface area contributed by atoms with Crippen molar-refractivity contribution in [2.75, 3.05) is 0 Å². The molecule has 0 saturated heterocycles. The fourth-order valence-corrected chi connectivity index (χ4v) is 2.56. The van der Waals surface area contributed by atoms with Crippen LogP contribution in [0.15, 0.2) is 48.7 Å². The van der Waals surface area contributed by atoms with Gasteiger partial charge in [-0.25, -0.2) is 5.43 Å². The minimum absolute atomic E-state index is 0.128. The average Bonchev–Trinajstić information content (AvgIpc) is 2.50. The molecule has 0 aliphatic heterocycles. The summed E-state index contributed by atoms with van der Waals surface area (Å²) >= 11 is 0. The van der Waals surface area contributed by atoms with E-state index in [9.17, 15) is 0 Å². The first kappa shape index (κ1) is 13.7. The number of hydrazine groups is 1. The molecule has 1 atom stereocenters. The van der Waals surface area contributed by atoms with Crippen LogP contribution < -0.4 is 11.3 Å². The predicted octanol–water partition coefficient (Wildman–Crippen LogP) is 2.80. The van der Waals surface area contributed by atoms with E-state index in [1.54, 1.807) is 6.20 Å². The maximum Gasteiger partial charge on any atom is 0.0884 e. The summed E-state index contributed by atoms with van der Waals surface area (Å²) in [6.07, 6.45) is 1.79. The number of hydrogen-bond acceptors (Lipinski definition) is 4. The van der Waals surface area contributed by atoms with E-state index in [4.69, 9.17) is 5.84 Å². The third-order valence-electron chi connectivity index (χ3n) is 3.68. The van der Waals surface area contributed by atoms with Crippen molar-refractivity contribution in [3.05, 3.63) is 71.2 Å². The topological polar surface area (TPSA) is 63.8 Å². The number of hydrogen-bond donors (Lipinski definition) is 2. The second-order valence-electron chi connectivity index (χ2n) is 5.21. The van der Waals surface area contributed by atoms with Crippen molar-refractivity contribution in [2.45, 2.75) is 19.9 Å². The zero-order valence-corrected chi connectivity index (χ0v) is 12.2. The second kappa shape index (κ2) is 5.60. The molecule has 0 aliphatic carbocycles. The number of fused-ring (bicyclic) bond motifs is 1. The van der Waals surface area contributed by atoms with Gasteiger partial charge in [0.25, 0.3) is 0 Å². The van der Waals surface area contributed by atoms with Crippen LogP contribution in [0.5, 0.6) is 0 Å². The highest BCUT2D eigenvalue weighted by molar-refractivity contribution is 5.79. The highest BCUT2D eigenvalue weighted by Crippen LogP contribution is 2.25. The Kier molecular flexibility index (Phi) is 3.64. The molecule has 0 fully saturated rings. The quantitative estimate of drug-likeness (QED) is 0.571. The number of aryl methyl sites for hydroxylation is 2. The number of benzene rings is 1. The summed E-state index contributed by atoms with van der Waals surface area (Å²) in [6, 6.07) is 14.1. The molecule has 2 heterocycles. The lowest BCUT2D eigenvalue weighted by Crippen LogP contribution is -2.30. The summed E-state index contributed by atoms with van der Waals surface area (Å²) in [6.45, 7) is 4.04. The Morgan fingerprint density at radius 1 is 1.10 bits per heavy atom. The molecular formula is C17H18N4. The Labute approximate surface area is 124 Å². The SMILES string of the molecule is Cc1ccc2cc(C(NN)c3ncccc3C)ccc2n1. The lowest BCUT2D eigenvalue weighted by atomic mass is 9.99. The van der Waals surface area contributed by atoms with Crippen LogP contribution in [0.3, 0.4) is 0 Å². The molecule has 106 valence electrons. The largest absolute Gasteiger partial charge is 0.271 e. The Morgan fingerprint density at radius 2 is 1.95 bits per heavy atom. The first-order valence-electron chi connectivity index (χ1n) is 6.94. The fraction of sp³-hybridized carbons (Fsp3) is 0.176. The van der Waals surface area contributed by atoms with E-state index in [1.165, 1.54) is 0 Å². The number of aromatic nitrogens is 2. The zero-order valence-electron chi connectivity index (χ0n) is 12.2. The van der Waals surface area contributed by atoms with Crippen molar-refractivity contribution in [3.8, 4) is 0 Å². The normalized spacial score (nSPS) is 12.5. The van der Waals surface area contributed by atoms with Crippen LogP contribution in [-0.2, 0) is 0 Å². The molecule has 2 aromatic heterocycles. The highest BCUT2D eigenvalue weighted by atomic mass is 15.2. The molecule has 0 aliphatic rings. The molecule has 0 spiro atoms. The maximum absolute atomic E-state index is 5.77. The number of nitrogens with two attached hydrogens (primary N) is 1. The van der Waals surface area contributed by atoms with E-state index in [-0.39, 0.29) is 6.04 Å². The van der Waals surface area contributed by atoms with Crippen LogP contribution in [0, 0.1) is 13.8 Å². The Balaban J connectivity index is 2.09. The number of nitrogens with one attached hydrogen (secondary N) is 1. The Bertz CT molecular complexity index is 783. The van der Waals surface area contributed by atoms with Crippen LogP contribution >= 0.6 is 0 Å². The second-order valence-corrected chi connectivity index (χ2v) is 5.21. The third kappa shape index (κ3) is 2.63. The van der Waals surface area contributed by atoms with Gasteiger partial charge in [0, 0.05) is 17.3 Å². The third-order valence-corrected chi connectivity index (χ3v) is 3.68. The first-order chi connectivity index (χ1) is 10.2. The van der Waals surface area contributed by atoms with E-state index >= 15 is 0 Å². The predicted molar refractivity (Wildman–Crippen MR) is 84.6 cm³/mol. The average molecular weight is 278 g/mol. The van der Waals surface area contributed by atoms with Gasteiger partial charge >= 0.3 is 0 Å². The molecule has 3 rings (SSSR count). The zero-order chi connectivity index (χ0) is 14.8. The van der Waals surface area contributed by atoms with Gasteiger partial charge in [-0.15, -0.1) is 0 Å². The van der Waals surface area contributed by atoms with Crippen LogP contribution in [0.1, 0.15) is 28.6 Å². The molecule has 0 radical (unpaired) electrons. The first-order valence-corrected chi connectivity index (χ1v) is 6.94. The Morgan fingerprint density at radius 3 is 2.71 bits per heavy atom. The monoisotopic (exact) mass is 278 g/mol. The molecular weight excluding hydrogens is 260 g/mol. The molecule has 4 nitrogen and oxygen atoms in total. The van der Waals surface area contributed by atoms with Gasteiger partial charge in [0.2, 0.25) is 0 Å². The molecule has 1 unspecified atom stereocenters. The number of rotatable bonds is 3. The van der Waals surface area contributed by atoms with Crippen molar-refractivity contribution in [3.63, 3.8) is 0 Å². The van der Waals surface area contributed by atoms with Crippen molar-refractivity contribution in [1.82, 2.24) is 15.4 Å². The lowest BCUT2D eigenvalue weighted by molar-refractivity contribution is 0.617. The van der Waals surface area contributed by atoms with Crippen LogP contribution in [0.2, 0.25) is 0 Å². The van der Waals surface area contributed by atoms with Gasteiger partial charge in [-0.1, -0.05) is 18.2 Å².